The van der Waals surface area contributed by atoms with E-state index in [9.17, 15) is 0 Å². The third-order valence-corrected chi connectivity index (χ3v) is 2.97. The zero-order valence-electron chi connectivity index (χ0n) is 8.82. The summed E-state index contributed by atoms with van der Waals surface area (Å²) in [4.78, 5) is 9.95. The summed E-state index contributed by atoms with van der Waals surface area (Å²) < 4.78 is 0. The topological polar surface area (TPSA) is 37.8 Å². The van der Waals surface area contributed by atoms with Crippen LogP contribution in [-0.4, -0.2) is 16.5 Å². The number of anilines is 1. The molecule has 1 N–H and O–H groups in total. The van der Waals surface area contributed by atoms with Gasteiger partial charge in [-0.05, 0) is 25.3 Å². The molecule has 0 unspecified atom stereocenters. The highest BCUT2D eigenvalue weighted by atomic mass is 32.1. The van der Waals surface area contributed by atoms with E-state index in [1.807, 2.05) is 6.92 Å². The van der Waals surface area contributed by atoms with E-state index in [1.54, 1.807) is 23.7 Å². The zero-order valence-corrected chi connectivity index (χ0v) is 9.64. The number of nitrogens with zero attached hydrogens (tertiary/aromatic N) is 2. The van der Waals surface area contributed by atoms with E-state index >= 15 is 0 Å². The van der Waals surface area contributed by atoms with E-state index in [1.165, 1.54) is 10.4 Å². The Morgan fingerprint density at radius 3 is 2.93 bits per heavy atom. The molecule has 0 aromatic carbocycles. The van der Waals surface area contributed by atoms with Crippen LogP contribution in [0.3, 0.4) is 0 Å². The third kappa shape index (κ3) is 2.15. The van der Waals surface area contributed by atoms with E-state index in [0.29, 0.717) is 0 Å². The van der Waals surface area contributed by atoms with Crippen molar-refractivity contribution in [3.05, 3.63) is 28.7 Å². The van der Waals surface area contributed by atoms with Gasteiger partial charge in [-0.25, -0.2) is 4.98 Å². The van der Waals surface area contributed by atoms with Gasteiger partial charge in [0.2, 0.25) is 0 Å². The van der Waals surface area contributed by atoms with Gasteiger partial charge in [-0.3, -0.25) is 4.98 Å². The number of rotatable bonds is 3. The number of aromatic nitrogens is 2. The van der Waals surface area contributed by atoms with Crippen molar-refractivity contribution in [3.63, 3.8) is 0 Å². The van der Waals surface area contributed by atoms with Crippen LogP contribution in [0.2, 0.25) is 0 Å². The van der Waals surface area contributed by atoms with Crippen molar-refractivity contribution < 1.29 is 0 Å². The SMILES string of the molecule is CCNc1cncc(-c2ccsc2C)n1. The Morgan fingerprint density at radius 1 is 1.40 bits per heavy atom. The molecule has 0 saturated heterocycles. The van der Waals surface area contributed by atoms with Crippen molar-refractivity contribution >= 4 is 17.2 Å². The number of aryl methyl sites for hydroxylation is 1. The lowest BCUT2D eigenvalue weighted by Crippen LogP contribution is -2.00. The molecule has 4 heteroatoms. The molecule has 2 rings (SSSR count). The molecular formula is C11H13N3S. The summed E-state index contributed by atoms with van der Waals surface area (Å²) in [5.41, 5.74) is 2.11. The summed E-state index contributed by atoms with van der Waals surface area (Å²) in [5.74, 6) is 0.834. The second-order valence-corrected chi connectivity index (χ2v) is 4.33. The molecule has 0 fully saturated rings. The van der Waals surface area contributed by atoms with Gasteiger partial charge in [0, 0.05) is 17.0 Å². The fourth-order valence-corrected chi connectivity index (χ4v) is 2.12. The largest absolute Gasteiger partial charge is 0.369 e. The number of hydrogen-bond acceptors (Lipinski definition) is 4. The standard InChI is InChI=1S/C11H13N3S/c1-3-13-11-7-12-6-10(14-11)9-4-5-15-8(9)2/h4-7H,3H2,1-2H3,(H,13,14). The van der Waals surface area contributed by atoms with Gasteiger partial charge >= 0.3 is 0 Å². The van der Waals surface area contributed by atoms with E-state index in [2.05, 4.69) is 33.7 Å². The van der Waals surface area contributed by atoms with Gasteiger partial charge in [-0.1, -0.05) is 0 Å². The molecule has 0 atom stereocenters. The molecule has 15 heavy (non-hydrogen) atoms. The van der Waals surface area contributed by atoms with Crippen LogP contribution in [0.15, 0.2) is 23.8 Å². The Balaban J connectivity index is 2.37. The van der Waals surface area contributed by atoms with Gasteiger partial charge in [0.05, 0.1) is 18.1 Å². The fourth-order valence-electron chi connectivity index (χ4n) is 1.41. The van der Waals surface area contributed by atoms with Crippen molar-refractivity contribution in [2.24, 2.45) is 0 Å². The van der Waals surface area contributed by atoms with Crippen LogP contribution >= 0.6 is 11.3 Å². The molecule has 2 aromatic heterocycles. The Morgan fingerprint density at radius 2 is 2.27 bits per heavy atom. The Labute approximate surface area is 93.2 Å². The highest BCUT2D eigenvalue weighted by molar-refractivity contribution is 7.10. The second kappa shape index (κ2) is 4.40. The average Bonchev–Trinajstić information content (AvgIpc) is 2.65. The maximum atomic E-state index is 4.50. The molecule has 0 aliphatic rings. The molecule has 0 amide bonds. The predicted molar refractivity (Wildman–Crippen MR) is 64.2 cm³/mol. The molecule has 78 valence electrons. The normalized spacial score (nSPS) is 10.3. The molecule has 0 saturated carbocycles. The molecule has 0 spiro atoms. The first-order valence-electron chi connectivity index (χ1n) is 4.91. The van der Waals surface area contributed by atoms with Crippen molar-refractivity contribution in [2.45, 2.75) is 13.8 Å². The van der Waals surface area contributed by atoms with Crippen LogP contribution in [0.25, 0.3) is 11.3 Å². The summed E-state index contributed by atoms with van der Waals surface area (Å²) in [5, 5.41) is 5.23. The van der Waals surface area contributed by atoms with E-state index in [4.69, 9.17) is 0 Å². The molecule has 0 aliphatic heterocycles. The summed E-state index contributed by atoms with van der Waals surface area (Å²) >= 11 is 1.73. The highest BCUT2D eigenvalue weighted by Gasteiger charge is 2.05. The van der Waals surface area contributed by atoms with Crippen molar-refractivity contribution in [1.29, 1.82) is 0 Å². The van der Waals surface area contributed by atoms with Gasteiger partial charge in [-0.15, -0.1) is 11.3 Å². The molecule has 0 aliphatic carbocycles. The summed E-state index contributed by atoms with van der Waals surface area (Å²) in [7, 11) is 0. The Hall–Kier alpha value is -1.42. The zero-order chi connectivity index (χ0) is 10.7. The molecule has 3 nitrogen and oxygen atoms in total. The van der Waals surface area contributed by atoms with Gasteiger partial charge in [0.25, 0.3) is 0 Å². The summed E-state index contributed by atoms with van der Waals surface area (Å²) in [6, 6.07) is 2.08. The maximum absolute atomic E-state index is 4.50. The Kier molecular flexibility index (Phi) is 2.97. The van der Waals surface area contributed by atoms with Crippen molar-refractivity contribution in [3.8, 4) is 11.3 Å². The van der Waals surface area contributed by atoms with Crippen LogP contribution in [0.1, 0.15) is 11.8 Å². The lowest BCUT2D eigenvalue weighted by atomic mass is 10.2. The van der Waals surface area contributed by atoms with Crippen LogP contribution in [0, 0.1) is 6.92 Å². The highest BCUT2D eigenvalue weighted by Crippen LogP contribution is 2.25. The molecular weight excluding hydrogens is 206 g/mol. The van der Waals surface area contributed by atoms with Crippen LogP contribution < -0.4 is 5.32 Å². The van der Waals surface area contributed by atoms with Gasteiger partial charge in [0.1, 0.15) is 5.82 Å². The average molecular weight is 219 g/mol. The third-order valence-electron chi connectivity index (χ3n) is 2.13. The minimum absolute atomic E-state index is 0.834. The molecule has 0 bridgehead atoms. The second-order valence-electron chi connectivity index (χ2n) is 3.21. The smallest absolute Gasteiger partial charge is 0.145 e. The van der Waals surface area contributed by atoms with Crippen molar-refractivity contribution in [1.82, 2.24) is 9.97 Å². The molecule has 2 heterocycles. The Bertz CT molecular complexity index is 451. The van der Waals surface area contributed by atoms with Crippen LogP contribution in [0.5, 0.6) is 0 Å². The first-order chi connectivity index (χ1) is 7.31. The van der Waals surface area contributed by atoms with Crippen molar-refractivity contribution in [2.75, 3.05) is 11.9 Å². The first-order valence-corrected chi connectivity index (χ1v) is 5.79. The summed E-state index contributed by atoms with van der Waals surface area (Å²) in [6.45, 7) is 5.01. The van der Waals surface area contributed by atoms with Gasteiger partial charge in [-0.2, -0.15) is 0 Å². The number of nitrogens with one attached hydrogen (secondary N) is 1. The van der Waals surface area contributed by atoms with E-state index < -0.39 is 0 Å². The minimum atomic E-state index is 0.834. The van der Waals surface area contributed by atoms with E-state index in [-0.39, 0.29) is 0 Å². The fraction of sp³-hybridized carbons (Fsp3) is 0.273. The first kappa shape index (κ1) is 10.1. The molecule has 2 aromatic rings. The lowest BCUT2D eigenvalue weighted by Gasteiger charge is -2.04. The maximum Gasteiger partial charge on any atom is 0.145 e. The molecule has 0 radical (unpaired) electrons. The summed E-state index contributed by atoms with van der Waals surface area (Å²) in [6.07, 6.45) is 3.55. The number of thiophene rings is 1. The van der Waals surface area contributed by atoms with Crippen LogP contribution in [0.4, 0.5) is 5.82 Å². The van der Waals surface area contributed by atoms with Gasteiger partial charge in [0.15, 0.2) is 0 Å². The monoisotopic (exact) mass is 219 g/mol. The minimum Gasteiger partial charge on any atom is -0.369 e. The van der Waals surface area contributed by atoms with Gasteiger partial charge < -0.3 is 5.32 Å². The predicted octanol–water partition coefficient (Wildman–Crippen LogP) is 2.95. The quantitative estimate of drug-likeness (QED) is 0.862. The van der Waals surface area contributed by atoms with E-state index in [0.717, 1.165) is 18.1 Å². The lowest BCUT2D eigenvalue weighted by molar-refractivity contribution is 1.12. The van der Waals surface area contributed by atoms with Crippen LogP contribution in [-0.2, 0) is 0 Å². The number of hydrogen-bond donors (Lipinski definition) is 1.